The Hall–Kier alpha value is -1.81. The third kappa shape index (κ3) is 2.36. The quantitative estimate of drug-likeness (QED) is 0.925. The van der Waals surface area contributed by atoms with Gasteiger partial charge in [-0.15, -0.1) is 0 Å². The highest BCUT2D eigenvalue weighted by Gasteiger charge is 2.38. The molecule has 1 N–H and O–H groups in total. The number of carboxylic acids is 1. The van der Waals surface area contributed by atoms with Crippen molar-refractivity contribution in [3.63, 3.8) is 0 Å². The van der Waals surface area contributed by atoms with Crippen molar-refractivity contribution in [2.45, 2.75) is 31.6 Å². The van der Waals surface area contributed by atoms with E-state index in [1.165, 1.54) is 10.9 Å². The summed E-state index contributed by atoms with van der Waals surface area (Å²) < 4.78 is 7.59. The predicted octanol–water partition coefficient (Wildman–Crippen LogP) is 3.34. The third-order valence-electron chi connectivity index (χ3n) is 5.83. The molecule has 2 aliphatic rings. The number of carbonyl (C=O) groups is 1. The van der Waals surface area contributed by atoms with Crippen LogP contribution in [0.25, 0.3) is 10.9 Å². The number of aryl methyl sites for hydroxylation is 1. The van der Waals surface area contributed by atoms with E-state index in [2.05, 4.69) is 22.8 Å². The van der Waals surface area contributed by atoms with Gasteiger partial charge in [0.15, 0.2) is 0 Å². The molecule has 4 heteroatoms. The summed E-state index contributed by atoms with van der Waals surface area (Å²) in [5.41, 5.74) is 3.43. The SMILES string of the molecule is Cn1c2c(c3ccccc31)CC(C1CCOCC1)CC2C(=O)O. The van der Waals surface area contributed by atoms with Gasteiger partial charge in [-0.05, 0) is 49.1 Å². The molecular weight excluding hydrogens is 290 g/mol. The van der Waals surface area contributed by atoms with Gasteiger partial charge in [-0.1, -0.05) is 18.2 Å². The van der Waals surface area contributed by atoms with Crippen molar-refractivity contribution in [2.75, 3.05) is 13.2 Å². The van der Waals surface area contributed by atoms with Crippen LogP contribution in [-0.4, -0.2) is 28.9 Å². The Kier molecular flexibility index (Phi) is 3.64. The molecule has 0 radical (unpaired) electrons. The predicted molar refractivity (Wildman–Crippen MR) is 88.6 cm³/mol. The summed E-state index contributed by atoms with van der Waals surface area (Å²) in [5, 5.41) is 11.0. The van der Waals surface area contributed by atoms with Crippen molar-refractivity contribution in [3.05, 3.63) is 35.5 Å². The van der Waals surface area contributed by atoms with Crippen molar-refractivity contribution in [3.8, 4) is 0 Å². The van der Waals surface area contributed by atoms with E-state index in [0.717, 1.165) is 50.1 Å². The molecule has 4 rings (SSSR count). The molecular formula is C19H23NO3. The first-order chi connectivity index (χ1) is 11.2. The lowest BCUT2D eigenvalue weighted by molar-refractivity contribution is -0.139. The number of rotatable bonds is 2. The Labute approximate surface area is 136 Å². The normalized spacial score (nSPS) is 25.4. The van der Waals surface area contributed by atoms with Crippen molar-refractivity contribution >= 4 is 16.9 Å². The molecule has 0 amide bonds. The van der Waals surface area contributed by atoms with Crippen LogP contribution in [0.3, 0.4) is 0 Å². The molecule has 2 aromatic rings. The van der Waals surface area contributed by atoms with E-state index < -0.39 is 5.97 Å². The second-order valence-electron chi connectivity index (χ2n) is 6.98. The number of aromatic nitrogens is 1. The van der Waals surface area contributed by atoms with Crippen molar-refractivity contribution in [1.82, 2.24) is 4.57 Å². The van der Waals surface area contributed by atoms with Crippen LogP contribution in [-0.2, 0) is 23.0 Å². The number of aliphatic carboxylic acids is 1. The Balaban J connectivity index is 1.80. The molecule has 0 spiro atoms. The van der Waals surface area contributed by atoms with Crippen molar-refractivity contribution < 1.29 is 14.6 Å². The maximum atomic E-state index is 11.9. The zero-order valence-corrected chi connectivity index (χ0v) is 13.5. The highest BCUT2D eigenvalue weighted by Crippen LogP contribution is 2.44. The molecule has 2 heterocycles. The summed E-state index contributed by atoms with van der Waals surface area (Å²) in [7, 11) is 2.01. The van der Waals surface area contributed by atoms with Crippen LogP contribution >= 0.6 is 0 Å². The lowest BCUT2D eigenvalue weighted by Gasteiger charge is -2.35. The molecule has 1 aromatic heterocycles. The van der Waals surface area contributed by atoms with Crippen LogP contribution in [0.5, 0.6) is 0 Å². The number of hydrogen-bond donors (Lipinski definition) is 1. The van der Waals surface area contributed by atoms with E-state index in [1.54, 1.807) is 0 Å². The Bertz CT molecular complexity index is 742. The van der Waals surface area contributed by atoms with Crippen LogP contribution in [0.4, 0.5) is 0 Å². The maximum Gasteiger partial charge on any atom is 0.312 e. The number of para-hydroxylation sites is 1. The smallest absolute Gasteiger partial charge is 0.312 e. The highest BCUT2D eigenvalue weighted by molar-refractivity contribution is 5.89. The zero-order chi connectivity index (χ0) is 16.0. The molecule has 1 aliphatic carbocycles. The van der Waals surface area contributed by atoms with E-state index in [1.807, 2.05) is 13.1 Å². The minimum Gasteiger partial charge on any atom is -0.481 e. The van der Waals surface area contributed by atoms with E-state index in [9.17, 15) is 9.90 Å². The fraction of sp³-hybridized carbons (Fsp3) is 0.526. The Morgan fingerprint density at radius 3 is 2.70 bits per heavy atom. The molecule has 2 atom stereocenters. The van der Waals surface area contributed by atoms with Crippen LogP contribution in [0.15, 0.2) is 24.3 Å². The third-order valence-corrected chi connectivity index (χ3v) is 5.83. The lowest BCUT2D eigenvalue weighted by atomic mass is 9.71. The van der Waals surface area contributed by atoms with Gasteiger partial charge in [-0.25, -0.2) is 0 Å². The summed E-state index contributed by atoms with van der Waals surface area (Å²) in [5.74, 6) is -0.0195. The zero-order valence-electron chi connectivity index (χ0n) is 13.5. The number of nitrogens with zero attached hydrogens (tertiary/aromatic N) is 1. The molecule has 23 heavy (non-hydrogen) atoms. The maximum absolute atomic E-state index is 11.9. The Morgan fingerprint density at radius 1 is 1.22 bits per heavy atom. The molecule has 1 aromatic carbocycles. The first-order valence-electron chi connectivity index (χ1n) is 8.53. The number of benzene rings is 1. The van der Waals surface area contributed by atoms with Gasteiger partial charge in [0.25, 0.3) is 0 Å². The summed E-state index contributed by atoms with van der Waals surface area (Å²) in [6.07, 6.45) is 3.90. The minimum atomic E-state index is -0.686. The van der Waals surface area contributed by atoms with E-state index in [4.69, 9.17) is 4.74 Å². The second-order valence-corrected chi connectivity index (χ2v) is 6.98. The van der Waals surface area contributed by atoms with Crippen LogP contribution < -0.4 is 0 Å². The highest BCUT2D eigenvalue weighted by atomic mass is 16.5. The molecule has 0 bridgehead atoms. The summed E-state index contributed by atoms with van der Waals surface area (Å²) >= 11 is 0. The van der Waals surface area contributed by atoms with Gasteiger partial charge in [0.05, 0.1) is 5.92 Å². The number of ether oxygens (including phenoxy) is 1. The fourth-order valence-electron chi connectivity index (χ4n) is 4.67. The van der Waals surface area contributed by atoms with Crippen LogP contribution in [0.2, 0.25) is 0 Å². The van der Waals surface area contributed by atoms with Gasteiger partial charge in [0.2, 0.25) is 0 Å². The minimum absolute atomic E-state index is 0.385. The lowest BCUT2D eigenvalue weighted by Crippen LogP contribution is -2.32. The van der Waals surface area contributed by atoms with Gasteiger partial charge in [-0.3, -0.25) is 4.79 Å². The average molecular weight is 313 g/mol. The molecule has 2 unspecified atom stereocenters. The topological polar surface area (TPSA) is 51.5 Å². The van der Waals surface area contributed by atoms with Crippen LogP contribution in [0.1, 0.15) is 36.4 Å². The van der Waals surface area contributed by atoms with E-state index in [-0.39, 0.29) is 5.92 Å². The number of fused-ring (bicyclic) bond motifs is 3. The number of carboxylic acid groups (broad SMARTS) is 1. The molecule has 1 saturated heterocycles. The summed E-state index contributed by atoms with van der Waals surface area (Å²) in [4.78, 5) is 11.9. The van der Waals surface area contributed by atoms with Gasteiger partial charge < -0.3 is 14.4 Å². The van der Waals surface area contributed by atoms with Crippen molar-refractivity contribution in [1.29, 1.82) is 0 Å². The standard InChI is InChI=1S/C19H23NO3/c1-20-17-5-3-2-4-14(17)15-10-13(12-6-8-23-9-7-12)11-16(18(15)20)19(21)22/h2-5,12-13,16H,6-11H2,1H3,(H,21,22). The van der Waals surface area contributed by atoms with Crippen molar-refractivity contribution in [2.24, 2.45) is 18.9 Å². The molecule has 4 nitrogen and oxygen atoms in total. The first kappa shape index (κ1) is 14.8. The van der Waals surface area contributed by atoms with E-state index >= 15 is 0 Å². The van der Waals surface area contributed by atoms with Gasteiger partial charge in [-0.2, -0.15) is 0 Å². The summed E-state index contributed by atoms with van der Waals surface area (Å²) in [6, 6.07) is 8.31. The van der Waals surface area contributed by atoms with Crippen LogP contribution in [0, 0.1) is 11.8 Å². The first-order valence-corrected chi connectivity index (χ1v) is 8.53. The molecule has 1 fully saturated rings. The molecule has 1 aliphatic heterocycles. The fourth-order valence-corrected chi connectivity index (χ4v) is 4.67. The van der Waals surface area contributed by atoms with Gasteiger partial charge in [0, 0.05) is 36.9 Å². The summed E-state index contributed by atoms with van der Waals surface area (Å²) in [6.45, 7) is 1.64. The molecule has 122 valence electrons. The number of hydrogen-bond acceptors (Lipinski definition) is 2. The largest absolute Gasteiger partial charge is 0.481 e. The average Bonchev–Trinajstić information content (AvgIpc) is 2.88. The van der Waals surface area contributed by atoms with E-state index in [0.29, 0.717) is 11.8 Å². The second kappa shape index (κ2) is 5.68. The van der Waals surface area contributed by atoms with Gasteiger partial charge >= 0.3 is 5.97 Å². The van der Waals surface area contributed by atoms with Gasteiger partial charge in [0.1, 0.15) is 0 Å². The Morgan fingerprint density at radius 2 is 1.96 bits per heavy atom. The monoisotopic (exact) mass is 313 g/mol. The molecule has 0 saturated carbocycles.